The van der Waals surface area contributed by atoms with Crippen molar-refractivity contribution in [3.63, 3.8) is 0 Å². The van der Waals surface area contributed by atoms with Gasteiger partial charge in [-0.05, 0) is 49.2 Å². The van der Waals surface area contributed by atoms with Gasteiger partial charge in [0.05, 0.1) is 21.4 Å². The van der Waals surface area contributed by atoms with Gasteiger partial charge in [0.2, 0.25) is 0 Å². The first kappa shape index (κ1) is 26.1. The zero-order valence-corrected chi connectivity index (χ0v) is 22.3. The number of rotatable bonds is 6. The highest BCUT2D eigenvalue weighted by atomic mass is 35.5. The highest BCUT2D eigenvalue weighted by molar-refractivity contribution is 6.42. The summed E-state index contributed by atoms with van der Waals surface area (Å²) in [6.45, 7) is 5.74. The summed E-state index contributed by atoms with van der Waals surface area (Å²) in [6.07, 6.45) is 0. The molecule has 0 aromatic heterocycles. The summed E-state index contributed by atoms with van der Waals surface area (Å²) in [6, 6.07) is 16.8. The Balaban J connectivity index is 1.39. The fourth-order valence-corrected chi connectivity index (χ4v) is 4.95. The molecule has 9 heteroatoms. The molecule has 3 aromatic carbocycles. The van der Waals surface area contributed by atoms with Crippen LogP contribution in [-0.4, -0.2) is 49.5 Å². The average molecular weight is 547 g/mol. The van der Waals surface area contributed by atoms with E-state index in [1.807, 2.05) is 59.5 Å². The SMILES string of the molecule is Cc1c(Cl)c(C)c(Cl)c(OCC(=O)Nc2ccccc2N2CCN(C(=O)c3ccccc3)CC2)c1Cl. The molecular weight excluding hydrogens is 521 g/mol. The second kappa shape index (κ2) is 11.4. The minimum atomic E-state index is -0.349. The van der Waals surface area contributed by atoms with Crippen molar-refractivity contribution in [2.45, 2.75) is 13.8 Å². The molecule has 1 aliphatic heterocycles. The number of piperazine rings is 1. The van der Waals surface area contributed by atoms with Gasteiger partial charge >= 0.3 is 0 Å². The fourth-order valence-electron chi connectivity index (χ4n) is 4.13. The van der Waals surface area contributed by atoms with E-state index in [1.54, 1.807) is 13.8 Å². The lowest BCUT2D eigenvalue weighted by molar-refractivity contribution is -0.118. The minimum absolute atomic E-state index is 0.0268. The molecule has 2 amide bonds. The van der Waals surface area contributed by atoms with Gasteiger partial charge in [0.1, 0.15) is 0 Å². The molecule has 36 heavy (non-hydrogen) atoms. The van der Waals surface area contributed by atoms with Crippen LogP contribution >= 0.6 is 34.8 Å². The summed E-state index contributed by atoms with van der Waals surface area (Å²) >= 11 is 19.0. The molecule has 1 saturated heterocycles. The first-order chi connectivity index (χ1) is 17.3. The molecule has 1 fully saturated rings. The van der Waals surface area contributed by atoms with Gasteiger partial charge in [-0.25, -0.2) is 0 Å². The van der Waals surface area contributed by atoms with Crippen LogP contribution in [0.25, 0.3) is 0 Å². The fraction of sp³-hybridized carbons (Fsp3) is 0.259. The number of anilines is 2. The standard InChI is InChI=1S/C27H26Cl3N3O3/c1-17-23(28)18(2)25(30)26(24(17)29)36-16-22(34)31-20-10-6-7-11-21(20)32-12-14-33(15-13-32)27(35)19-8-4-3-5-9-19/h3-11H,12-16H2,1-2H3,(H,31,34). The lowest BCUT2D eigenvalue weighted by atomic mass is 10.1. The minimum Gasteiger partial charge on any atom is -0.481 e. The lowest BCUT2D eigenvalue weighted by Gasteiger charge is -2.37. The summed E-state index contributed by atoms with van der Waals surface area (Å²) in [7, 11) is 0. The maximum Gasteiger partial charge on any atom is 0.262 e. The average Bonchev–Trinajstić information content (AvgIpc) is 2.91. The molecule has 0 aliphatic carbocycles. The Morgan fingerprint density at radius 3 is 2.06 bits per heavy atom. The van der Waals surface area contributed by atoms with Crippen molar-refractivity contribution in [1.29, 1.82) is 0 Å². The molecule has 0 spiro atoms. The summed E-state index contributed by atoms with van der Waals surface area (Å²) in [5, 5.41) is 3.96. The summed E-state index contributed by atoms with van der Waals surface area (Å²) in [5.41, 5.74) is 3.52. The molecule has 0 radical (unpaired) electrons. The van der Waals surface area contributed by atoms with E-state index in [4.69, 9.17) is 39.5 Å². The third-order valence-corrected chi connectivity index (χ3v) is 7.65. The van der Waals surface area contributed by atoms with Crippen LogP contribution in [0.1, 0.15) is 21.5 Å². The Hall–Kier alpha value is -2.93. The maximum atomic E-state index is 12.8. The number of hydrogen-bond acceptors (Lipinski definition) is 4. The van der Waals surface area contributed by atoms with Crippen LogP contribution in [0.3, 0.4) is 0 Å². The van der Waals surface area contributed by atoms with E-state index >= 15 is 0 Å². The molecule has 1 heterocycles. The summed E-state index contributed by atoms with van der Waals surface area (Å²) < 4.78 is 5.69. The normalized spacial score (nSPS) is 13.5. The van der Waals surface area contributed by atoms with Gasteiger partial charge in [0.15, 0.2) is 12.4 Å². The van der Waals surface area contributed by atoms with Crippen LogP contribution in [0.2, 0.25) is 15.1 Å². The maximum absolute atomic E-state index is 12.8. The molecular formula is C27H26Cl3N3O3. The molecule has 6 nitrogen and oxygen atoms in total. The van der Waals surface area contributed by atoms with Gasteiger partial charge in [-0.3, -0.25) is 9.59 Å². The second-order valence-corrected chi connectivity index (χ2v) is 9.65. The molecule has 0 atom stereocenters. The van der Waals surface area contributed by atoms with E-state index in [1.165, 1.54) is 0 Å². The molecule has 1 aliphatic rings. The Bertz CT molecular complexity index is 1250. The molecule has 3 aromatic rings. The lowest BCUT2D eigenvalue weighted by Crippen LogP contribution is -2.49. The Kier molecular flexibility index (Phi) is 8.29. The first-order valence-corrected chi connectivity index (χ1v) is 12.7. The topological polar surface area (TPSA) is 61.9 Å². The molecule has 0 bridgehead atoms. The Morgan fingerprint density at radius 2 is 1.42 bits per heavy atom. The van der Waals surface area contributed by atoms with Gasteiger partial charge < -0.3 is 19.9 Å². The van der Waals surface area contributed by atoms with Gasteiger partial charge in [-0.2, -0.15) is 0 Å². The molecule has 1 N–H and O–H groups in total. The van der Waals surface area contributed by atoms with Crippen molar-refractivity contribution < 1.29 is 14.3 Å². The Labute approximate surface area is 225 Å². The molecule has 0 unspecified atom stereocenters. The number of nitrogens with one attached hydrogen (secondary N) is 1. The van der Waals surface area contributed by atoms with E-state index in [0.717, 1.165) is 5.69 Å². The van der Waals surface area contributed by atoms with Crippen molar-refractivity contribution in [3.05, 3.63) is 86.4 Å². The van der Waals surface area contributed by atoms with E-state index in [-0.39, 0.29) is 34.2 Å². The number of benzene rings is 3. The zero-order chi connectivity index (χ0) is 25.8. The number of carbonyl (C=O) groups is 2. The smallest absolute Gasteiger partial charge is 0.262 e. The number of carbonyl (C=O) groups excluding carboxylic acids is 2. The van der Waals surface area contributed by atoms with Gasteiger partial charge in [0.25, 0.3) is 11.8 Å². The predicted octanol–water partition coefficient (Wildman–Crippen LogP) is 6.24. The monoisotopic (exact) mass is 545 g/mol. The molecule has 0 saturated carbocycles. The van der Waals surface area contributed by atoms with Crippen molar-refractivity contribution in [3.8, 4) is 5.75 Å². The van der Waals surface area contributed by atoms with Crippen molar-refractivity contribution in [2.75, 3.05) is 43.0 Å². The number of para-hydroxylation sites is 2. The van der Waals surface area contributed by atoms with Gasteiger partial charge in [-0.15, -0.1) is 0 Å². The van der Waals surface area contributed by atoms with Crippen molar-refractivity contribution in [2.24, 2.45) is 0 Å². The zero-order valence-electron chi connectivity index (χ0n) is 20.0. The second-order valence-electron chi connectivity index (χ2n) is 8.52. The summed E-state index contributed by atoms with van der Waals surface area (Å²) in [4.78, 5) is 29.5. The van der Waals surface area contributed by atoms with E-state index in [0.29, 0.717) is 53.6 Å². The first-order valence-electron chi connectivity index (χ1n) is 11.5. The van der Waals surface area contributed by atoms with Gasteiger partial charge in [-0.1, -0.05) is 65.1 Å². The number of halogens is 3. The van der Waals surface area contributed by atoms with Gasteiger partial charge in [0, 0.05) is 36.8 Å². The summed E-state index contributed by atoms with van der Waals surface area (Å²) in [5.74, 6) is -0.0860. The largest absolute Gasteiger partial charge is 0.481 e. The number of nitrogens with zero attached hydrogens (tertiary/aromatic N) is 2. The van der Waals surface area contributed by atoms with Crippen molar-refractivity contribution in [1.82, 2.24) is 4.90 Å². The molecule has 188 valence electrons. The quantitative estimate of drug-likeness (QED) is 0.397. The number of amides is 2. The molecule has 4 rings (SSSR count). The third-order valence-electron chi connectivity index (χ3n) is 6.17. The third kappa shape index (κ3) is 5.56. The van der Waals surface area contributed by atoms with Crippen molar-refractivity contribution >= 4 is 58.0 Å². The van der Waals surface area contributed by atoms with E-state index in [9.17, 15) is 9.59 Å². The van der Waals surface area contributed by atoms with Crippen LogP contribution in [0.4, 0.5) is 11.4 Å². The van der Waals surface area contributed by atoms with Crippen LogP contribution in [0.5, 0.6) is 5.75 Å². The van der Waals surface area contributed by atoms with Crippen LogP contribution in [0, 0.1) is 13.8 Å². The van der Waals surface area contributed by atoms with Crippen LogP contribution in [-0.2, 0) is 4.79 Å². The van der Waals surface area contributed by atoms with E-state index in [2.05, 4.69) is 10.2 Å². The van der Waals surface area contributed by atoms with E-state index < -0.39 is 0 Å². The number of hydrogen-bond donors (Lipinski definition) is 1. The van der Waals surface area contributed by atoms with Crippen LogP contribution < -0.4 is 15.0 Å². The Morgan fingerprint density at radius 1 is 0.833 bits per heavy atom. The highest BCUT2D eigenvalue weighted by Gasteiger charge is 2.24. The highest BCUT2D eigenvalue weighted by Crippen LogP contribution is 2.42. The van der Waals surface area contributed by atoms with Crippen LogP contribution in [0.15, 0.2) is 54.6 Å². The predicted molar refractivity (Wildman–Crippen MR) is 146 cm³/mol. The number of ether oxygens (including phenoxy) is 1.